The first-order valence-corrected chi connectivity index (χ1v) is 11.9. The molecule has 37 heavy (non-hydrogen) atoms. The minimum absolute atomic E-state index is 0.183. The standard InChI is InChI=1S/C29H26N2O6/c1-17-26(30-29(34)36-18(2)19-6-4-3-5-7-19)27(37-31-17)21-10-8-20(9-11-21)22-12-13-24-23(14-22)15-35-16-25(24)28(32)33/h3-14,18,25H,15-16H2,1-2H3,(H,30,34)(H,32,33). The van der Waals surface area contributed by atoms with E-state index in [1.807, 2.05) is 79.7 Å². The average Bonchev–Trinajstić information content (AvgIpc) is 3.28. The molecule has 0 spiro atoms. The van der Waals surface area contributed by atoms with Gasteiger partial charge in [-0.15, -0.1) is 0 Å². The van der Waals surface area contributed by atoms with Crippen LogP contribution in [0, 0.1) is 6.92 Å². The Bertz CT molecular complexity index is 1430. The van der Waals surface area contributed by atoms with E-state index in [9.17, 15) is 14.7 Å². The van der Waals surface area contributed by atoms with E-state index in [0.717, 1.165) is 33.4 Å². The molecule has 5 rings (SSSR count). The number of hydrogen-bond acceptors (Lipinski definition) is 6. The van der Waals surface area contributed by atoms with Crippen LogP contribution in [0.3, 0.4) is 0 Å². The first kappa shape index (κ1) is 24.3. The molecule has 2 heterocycles. The lowest BCUT2D eigenvalue weighted by Gasteiger charge is -2.23. The number of rotatable bonds is 6. The largest absolute Gasteiger partial charge is 0.481 e. The maximum Gasteiger partial charge on any atom is 0.412 e. The molecule has 8 heteroatoms. The van der Waals surface area contributed by atoms with Gasteiger partial charge < -0.3 is 19.1 Å². The van der Waals surface area contributed by atoms with Gasteiger partial charge in [0.1, 0.15) is 23.4 Å². The number of nitrogens with one attached hydrogen (secondary N) is 1. The monoisotopic (exact) mass is 498 g/mol. The summed E-state index contributed by atoms with van der Waals surface area (Å²) in [6.45, 7) is 4.12. The molecule has 2 N–H and O–H groups in total. The van der Waals surface area contributed by atoms with Gasteiger partial charge in [0.2, 0.25) is 0 Å². The van der Waals surface area contributed by atoms with Crippen molar-refractivity contribution >= 4 is 17.7 Å². The van der Waals surface area contributed by atoms with Gasteiger partial charge in [-0.25, -0.2) is 4.79 Å². The molecular formula is C29H26N2O6. The van der Waals surface area contributed by atoms with Gasteiger partial charge in [-0.05, 0) is 47.7 Å². The Hall–Kier alpha value is -4.43. The molecule has 0 radical (unpaired) electrons. The zero-order valence-electron chi connectivity index (χ0n) is 20.4. The van der Waals surface area contributed by atoms with Gasteiger partial charge in [-0.3, -0.25) is 10.1 Å². The predicted molar refractivity (Wildman–Crippen MR) is 137 cm³/mol. The normalized spacial score (nSPS) is 15.5. The zero-order valence-corrected chi connectivity index (χ0v) is 20.4. The highest BCUT2D eigenvalue weighted by molar-refractivity contribution is 5.91. The van der Waals surface area contributed by atoms with E-state index in [-0.39, 0.29) is 6.61 Å². The van der Waals surface area contributed by atoms with E-state index < -0.39 is 24.1 Å². The summed E-state index contributed by atoms with van der Waals surface area (Å²) in [4.78, 5) is 24.1. The summed E-state index contributed by atoms with van der Waals surface area (Å²) >= 11 is 0. The second kappa shape index (κ2) is 10.3. The smallest absolute Gasteiger partial charge is 0.412 e. The number of fused-ring (bicyclic) bond motifs is 1. The Morgan fingerprint density at radius 3 is 2.46 bits per heavy atom. The van der Waals surface area contributed by atoms with Crippen LogP contribution in [0.25, 0.3) is 22.5 Å². The fourth-order valence-electron chi connectivity index (χ4n) is 4.44. The van der Waals surface area contributed by atoms with Gasteiger partial charge in [0.25, 0.3) is 0 Å². The third kappa shape index (κ3) is 5.10. The van der Waals surface area contributed by atoms with Crippen molar-refractivity contribution < 1.29 is 28.7 Å². The highest BCUT2D eigenvalue weighted by Crippen LogP contribution is 2.35. The molecule has 0 saturated carbocycles. The Morgan fingerprint density at radius 1 is 1.03 bits per heavy atom. The molecule has 2 unspecified atom stereocenters. The lowest BCUT2D eigenvalue weighted by molar-refractivity contribution is -0.141. The lowest BCUT2D eigenvalue weighted by atomic mass is 9.90. The van der Waals surface area contributed by atoms with Gasteiger partial charge in [-0.2, -0.15) is 0 Å². The maximum atomic E-state index is 12.6. The van der Waals surface area contributed by atoms with Crippen molar-refractivity contribution in [2.45, 2.75) is 32.5 Å². The highest BCUT2D eigenvalue weighted by Gasteiger charge is 2.27. The number of aromatic nitrogens is 1. The quantitative estimate of drug-likeness (QED) is 0.320. The molecule has 1 aliphatic rings. The van der Waals surface area contributed by atoms with Crippen LogP contribution in [0.15, 0.2) is 77.3 Å². The number of hydrogen-bond donors (Lipinski definition) is 2. The van der Waals surface area contributed by atoms with Crippen LogP contribution in [0.1, 0.15) is 41.3 Å². The van der Waals surface area contributed by atoms with Crippen molar-refractivity contribution in [2.75, 3.05) is 11.9 Å². The third-order valence-corrected chi connectivity index (χ3v) is 6.48. The number of ether oxygens (including phenoxy) is 2. The molecule has 0 saturated heterocycles. The number of carboxylic acids is 1. The summed E-state index contributed by atoms with van der Waals surface area (Å²) in [5, 5.41) is 16.3. The summed E-state index contributed by atoms with van der Waals surface area (Å²) in [5.41, 5.74) is 6.18. The summed E-state index contributed by atoms with van der Waals surface area (Å²) in [6, 6.07) is 22.9. The molecule has 2 atom stereocenters. The average molecular weight is 499 g/mol. The number of nitrogens with zero attached hydrogens (tertiary/aromatic N) is 1. The molecular weight excluding hydrogens is 472 g/mol. The molecule has 8 nitrogen and oxygen atoms in total. The Balaban J connectivity index is 1.33. The molecule has 4 aromatic rings. The highest BCUT2D eigenvalue weighted by atomic mass is 16.6. The van der Waals surface area contributed by atoms with E-state index in [0.29, 0.717) is 23.7 Å². The zero-order chi connectivity index (χ0) is 25.9. The molecule has 0 fully saturated rings. The number of aryl methyl sites for hydroxylation is 1. The number of benzene rings is 3. The van der Waals surface area contributed by atoms with Crippen molar-refractivity contribution in [1.29, 1.82) is 0 Å². The third-order valence-electron chi connectivity index (χ3n) is 6.48. The second-order valence-electron chi connectivity index (χ2n) is 8.95. The first-order chi connectivity index (χ1) is 17.9. The predicted octanol–water partition coefficient (Wildman–Crippen LogP) is 6.33. The molecule has 188 valence electrons. The van der Waals surface area contributed by atoms with Crippen molar-refractivity contribution in [3.8, 4) is 22.5 Å². The van der Waals surface area contributed by atoms with E-state index in [1.165, 1.54) is 0 Å². The fraction of sp³-hybridized carbons (Fsp3) is 0.207. The van der Waals surface area contributed by atoms with Crippen LogP contribution < -0.4 is 5.32 Å². The summed E-state index contributed by atoms with van der Waals surface area (Å²) < 4.78 is 16.6. The number of aliphatic carboxylic acids is 1. The van der Waals surface area contributed by atoms with Gasteiger partial charge in [-0.1, -0.05) is 71.9 Å². The van der Waals surface area contributed by atoms with Crippen molar-refractivity contribution in [3.05, 3.63) is 95.2 Å². The SMILES string of the molecule is Cc1noc(-c2ccc(-c3ccc4c(c3)COCC4C(=O)O)cc2)c1NC(=O)OC(C)c1ccccc1. The molecule has 1 amide bonds. The summed E-state index contributed by atoms with van der Waals surface area (Å²) in [5.74, 6) is -1.11. The van der Waals surface area contributed by atoms with Crippen molar-refractivity contribution in [3.63, 3.8) is 0 Å². The van der Waals surface area contributed by atoms with Gasteiger partial charge >= 0.3 is 12.1 Å². The minimum atomic E-state index is -0.886. The van der Waals surface area contributed by atoms with Crippen LogP contribution >= 0.6 is 0 Å². The van der Waals surface area contributed by atoms with Crippen molar-refractivity contribution in [2.24, 2.45) is 0 Å². The molecule has 0 bridgehead atoms. The fourth-order valence-corrected chi connectivity index (χ4v) is 4.44. The van der Waals surface area contributed by atoms with Crippen LogP contribution in [0.5, 0.6) is 0 Å². The number of carbonyl (C=O) groups excluding carboxylic acids is 1. The van der Waals surface area contributed by atoms with Crippen LogP contribution in [-0.2, 0) is 20.9 Å². The first-order valence-electron chi connectivity index (χ1n) is 11.9. The molecule has 3 aromatic carbocycles. The van der Waals surface area contributed by atoms with Crippen LogP contribution in [0.2, 0.25) is 0 Å². The summed E-state index contributed by atoms with van der Waals surface area (Å²) in [6.07, 6.45) is -1.02. The Labute approximate surface area is 213 Å². The Morgan fingerprint density at radius 2 is 1.73 bits per heavy atom. The van der Waals surface area contributed by atoms with Crippen LogP contribution in [-0.4, -0.2) is 28.9 Å². The van der Waals surface area contributed by atoms with E-state index in [2.05, 4.69) is 10.5 Å². The van der Waals surface area contributed by atoms with Crippen LogP contribution in [0.4, 0.5) is 10.5 Å². The summed E-state index contributed by atoms with van der Waals surface area (Å²) in [7, 11) is 0. The van der Waals surface area contributed by atoms with E-state index in [1.54, 1.807) is 6.92 Å². The molecule has 0 aliphatic carbocycles. The molecule has 1 aromatic heterocycles. The maximum absolute atomic E-state index is 12.6. The number of amides is 1. The van der Waals surface area contributed by atoms with E-state index in [4.69, 9.17) is 14.0 Å². The second-order valence-corrected chi connectivity index (χ2v) is 8.95. The topological polar surface area (TPSA) is 111 Å². The van der Waals surface area contributed by atoms with Gasteiger partial charge in [0.15, 0.2) is 5.76 Å². The lowest BCUT2D eigenvalue weighted by Crippen LogP contribution is -2.23. The van der Waals surface area contributed by atoms with E-state index >= 15 is 0 Å². The van der Waals surface area contributed by atoms with Gasteiger partial charge in [0, 0.05) is 5.56 Å². The Kier molecular flexibility index (Phi) is 6.74. The number of carbonyl (C=O) groups is 2. The minimum Gasteiger partial charge on any atom is -0.481 e. The van der Waals surface area contributed by atoms with Crippen molar-refractivity contribution in [1.82, 2.24) is 5.16 Å². The van der Waals surface area contributed by atoms with Gasteiger partial charge in [0.05, 0.1) is 13.2 Å². The number of carboxylic acid groups (broad SMARTS) is 1. The number of anilines is 1. The molecule has 1 aliphatic heterocycles.